The number of nitrogens with zero attached hydrogens (tertiary/aromatic N) is 2. The van der Waals surface area contributed by atoms with Crippen LogP contribution >= 0.6 is 0 Å². The minimum atomic E-state index is -3.63. The van der Waals surface area contributed by atoms with Crippen molar-refractivity contribution in [3.05, 3.63) is 64.7 Å². The lowest BCUT2D eigenvalue weighted by molar-refractivity contribution is -0.131. The molecule has 0 radical (unpaired) electrons. The Bertz CT molecular complexity index is 937. The standard InChI is InChI=1S/C22H30N2O3S/c1-7-21(22(25)23(5)15-19-11-8-16(2)9-12-19)24(28(6,26)27)20-13-10-17(3)18(4)14-20/h8-14,21H,7,15H2,1-6H3/t21-/m1/s1. The second kappa shape index (κ2) is 8.78. The summed E-state index contributed by atoms with van der Waals surface area (Å²) in [5.41, 5.74) is 4.75. The van der Waals surface area contributed by atoms with Gasteiger partial charge in [-0.2, -0.15) is 0 Å². The zero-order chi connectivity index (χ0) is 21.1. The van der Waals surface area contributed by atoms with Crippen LogP contribution < -0.4 is 4.31 Å². The molecule has 0 saturated heterocycles. The molecule has 28 heavy (non-hydrogen) atoms. The van der Waals surface area contributed by atoms with Crippen LogP contribution in [-0.4, -0.2) is 38.6 Å². The number of amides is 1. The van der Waals surface area contributed by atoms with Gasteiger partial charge in [0, 0.05) is 13.6 Å². The van der Waals surface area contributed by atoms with Crippen molar-refractivity contribution in [1.29, 1.82) is 0 Å². The third-order valence-electron chi connectivity index (χ3n) is 4.97. The van der Waals surface area contributed by atoms with Crippen molar-refractivity contribution in [1.82, 2.24) is 4.90 Å². The number of rotatable bonds is 7. The molecular weight excluding hydrogens is 372 g/mol. The topological polar surface area (TPSA) is 57.7 Å². The van der Waals surface area contributed by atoms with E-state index in [1.165, 1.54) is 4.31 Å². The van der Waals surface area contributed by atoms with Gasteiger partial charge in [-0.3, -0.25) is 9.10 Å². The van der Waals surface area contributed by atoms with Crippen molar-refractivity contribution in [3.63, 3.8) is 0 Å². The molecule has 0 bridgehead atoms. The first-order chi connectivity index (χ1) is 13.0. The number of carbonyl (C=O) groups is 1. The SMILES string of the molecule is CC[C@H](C(=O)N(C)Cc1ccc(C)cc1)N(c1ccc(C)c(C)c1)S(C)(=O)=O. The van der Waals surface area contributed by atoms with E-state index in [0.717, 1.165) is 28.5 Å². The van der Waals surface area contributed by atoms with Crippen molar-refractivity contribution >= 4 is 21.6 Å². The molecule has 0 spiro atoms. The molecule has 5 nitrogen and oxygen atoms in total. The monoisotopic (exact) mass is 402 g/mol. The summed E-state index contributed by atoms with van der Waals surface area (Å²) in [4.78, 5) is 14.8. The lowest BCUT2D eigenvalue weighted by Crippen LogP contribution is -2.49. The predicted molar refractivity (Wildman–Crippen MR) is 115 cm³/mol. The van der Waals surface area contributed by atoms with Crippen molar-refractivity contribution in [2.24, 2.45) is 0 Å². The van der Waals surface area contributed by atoms with Crippen molar-refractivity contribution in [2.45, 2.75) is 46.7 Å². The summed E-state index contributed by atoms with van der Waals surface area (Å²) in [6.07, 6.45) is 1.54. The molecule has 0 aliphatic rings. The van der Waals surface area contributed by atoms with Gasteiger partial charge in [-0.15, -0.1) is 0 Å². The second-order valence-corrected chi connectivity index (χ2v) is 9.29. The minimum Gasteiger partial charge on any atom is -0.340 e. The highest BCUT2D eigenvalue weighted by atomic mass is 32.2. The second-order valence-electron chi connectivity index (χ2n) is 7.43. The van der Waals surface area contributed by atoms with Gasteiger partial charge in [0.05, 0.1) is 11.9 Å². The van der Waals surface area contributed by atoms with E-state index in [0.29, 0.717) is 18.7 Å². The molecule has 0 aliphatic heterocycles. The van der Waals surface area contributed by atoms with E-state index in [1.54, 1.807) is 18.0 Å². The average molecular weight is 403 g/mol. The molecule has 1 amide bonds. The van der Waals surface area contributed by atoms with Crippen LogP contribution in [0.1, 0.15) is 35.6 Å². The van der Waals surface area contributed by atoms with Gasteiger partial charge in [0.25, 0.3) is 0 Å². The molecular formula is C22H30N2O3S. The predicted octanol–water partition coefficient (Wildman–Crippen LogP) is 3.82. The zero-order valence-electron chi connectivity index (χ0n) is 17.6. The molecule has 0 saturated carbocycles. The highest BCUT2D eigenvalue weighted by Gasteiger charge is 2.33. The quantitative estimate of drug-likeness (QED) is 0.707. The molecule has 2 aromatic rings. The number of carbonyl (C=O) groups excluding carboxylic acids is 1. The molecule has 1 atom stereocenters. The van der Waals surface area contributed by atoms with E-state index >= 15 is 0 Å². The summed E-state index contributed by atoms with van der Waals surface area (Å²) >= 11 is 0. The first-order valence-corrected chi connectivity index (χ1v) is 11.3. The maximum Gasteiger partial charge on any atom is 0.246 e. The number of hydrogen-bond acceptors (Lipinski definition) is 3. The smallest absolute Gasteiger partial charge is 0.246 e. The van der Waals surface area contributed by atoms with Crippen LogP contribution in [0.2, 0.25) is 0 Å². The Morgan fingerprint density at radius 1 is 1.00 bits per heavy atom. The lowest BCUT2D eigenvalue weighted by Gasteiger charge is -2.33. The molecule has 2 aromatic carbocycles. The average Bonchev–Trinajstić information content (AvgIpc) is 2.62. The van der Waals surface area contributed by atoms with Crippen LogP contribution in [0.25, 0.3) is 0 Å². The van der Waals surface area contributed by atoms with Gasteiger partial charge in [0.15, 0.2) is 0 Å². The largest absolute Gasteiger partial charge is 0.340 e. The fourth-order valence-corrected chi connectivity index (χ4v) is 4.40. The number of hydrogen-bond donors (Lipinski definition) is 0. The van der Waals surface area contributed by atoms with Gasteiger partial charge < -0.3 is 4.90 Å². The summed E-state index contributed by atoms with van der Waals surface area (Å²) in [5.74, 6) is -0.216. The summed E-state index contributed by atoms with van der Waals surface area (Å²) in [5, 5.41) is 0. The highest BCUT2D eigenvalue weighted by molar-refractivity contribution is 7.92. The number of anilines is 1. The molecule has 0 heterocycles. The molecule has 152 valence electrons. The van der Waals surface area contributed by atoms with Gasteiger partial charge in [-0.05, 0) is 56.0 Å². The fraction of sp³-hybridized carbons (Fsp3) is 0.409. The van der Waals surface area contributed by atoms with Gasteiger partial charge in [0.2, 0.25) is 15.9 Å². The molecule has 0 N–H and O–H groups in total. The molecule has 0 aliphatic carbocycles. The van der Waals surface area contributed by atoms with Gasteiger partial charge in [-0.25, -0.2) is 8.42 Å². The van der Waals surface area contributed by atoms with Gasteiger partial charge in [0.1, 0.15) is 6.04 Å². The highest BCUT2D eigenvalue weighted by Crippen LogP contribution is 2.26. The zero-order valence-corrected chi connectivity index (χ0v) is 18.4. The first kappa shape index (κ1) is 22.0. The molecule has 0 aromatic heterocycles. The van der Waals surface area contributed by atoms with Crippen LogP contribution in [0.15, 0.2) is 42.5 Å². The Hall–Kier alpha value is -2.34. The van der Waals surface area contributed by atoms with Gasteiger partial charge >= 0.3 is 0 Å². The number of sulfonamides is 1. The van der Waals surface area contributed by atoms with Crippen molar-refractivity contribution in [2.75, 3.05) is 17.6 Å². The van der Waals surface area contributed by atoms with Crippen LogP contribution in [0.4, 0.5) is 5.69 Å². The van der Waals surface area contributed by atoms with Crippen LogP contribution in [-0.2, 0) is 21.4 Å². The lowest BCUT2D eigenvalue weighted by atomic mass is 10.1. The number of aryl methyl sites for hydroxylation is 3. The third-order valence-corrected chi connectivity index (χ3v) is 6.15. The maximum atomic E-state index is 13.2. The normalized spacial score (nSPS) is 12.5. The van der Waals surface area contributed by atoms with Gasteiger partial charge in [-0.1, -0.05) is 42.8 Å². The Balaban J connectivity index is 2.35. The maximum absolute atomic E-state index is 13.2. The van der Waals surface area contributed by atoms with E-state index < -0.39 is 16.1 Å². The van der Waals surface area contributed by atoms with E-state index in [-0.39, 0.29) is 5.91 Å². The van der Waals surface area contributed by atoms with Crippen molar-refractivity contribution < 1.29 is 13.2 Å². The summed E-state index contributed by atoms with van der Waals surface area (Å²) < 4.78 is 26.5. The van der Waals surface area contributed by atoms with E-state index in [9.17, 15) is 13.2 Å². The fourth-order valence-electron chi connectivity index (χ4n) is 3.21. The minimum absolute atomic E-state index is 0.216. The summed E-state index contributed by atoms with van der Waals surface area (Å²) in [7, 11) is -1.92. The van der Waals surface area contributed by atoms with Crippen LogP contribution in [0, 0.1) is 20.8 Å². The molecule has 0 fully saturated rings. The summed E-state index contributed by atoms with van der Waals surface area (Å²) in [6.45, 7) is 8.19. The Kier molecular flexibility index (Phi) is 6.88. The van der Waals surface area contributed by atoms with Crippen LogP contribution in [0.5, 0.6) is 0 Å². The number of likely N-dealkylation sites (N-methyl/N-ethyl adjacent to an activating group) is 1. The van der Waals surface area contributed by atoms with Crippen molar-refractivity contribution in [3.8, 4) is 0 Å². The Morgan fingerprint density at radius 3 is 2.11 bits per heavy atom. The van der Waals surface area contributed by atoms with Crippen LogP contribution in [0.3, 0.4) is 0 Å². The van der Waals surface area contributed by atoms with E-state index in [2.05, 4.69) is 0 Å². The number of benzene rings is 2. The first-order valence-electron chi connectivity index (χ1n) is 9.41. The Labute approximate surface area is 169 Å². The molecule has 6 heteroatoms. The molecule has 2 rings (SSSR count). The summed E-state index contributed by atoms with van der Waals surface area (Å²) in [6, 6.07) is 12.7. The Morgan fingerprint density at radius 2 is 1.61 bits per heavy atom. The van der Waals surface area contributed by atoms with E-state index in [1.807, 2.05) is 64.1 Å². The third kappa shape index (κ3) is 5.13. The van der Waals surface area contributed by atoms with E-state index in [4.69, 9.17) is 0 Å². The molecule has 0 unspecified atom stereocenters.